The summed E-state index contributed by atoms with van der Waals surface area (Å²) in [5.74, 6) is 0.0335. The molecule has 2 aromatic carbocycles. The summed E-state index contributed by atoms with van der Waals surface area (Å²) in [5.41, 5.74) is 2.70. The maximum atomic E-state index is 13.6. The zero-order valence-corrected chi connectivity index (χ0v) is 20.7. The lowest BCUT2D eigenvalue weighted by atomic mass is 9.73. The molecule has 0 saturated carbocycles. The molecule has 1 atom stereocenters. The largest absolute Gasteiger partial charge is 0.294 e. The van der Waals surface area contributed by atoms with Crippen molar-refractivity contribution in [2.24, 2.45) is 10.4 Å². The predicted molar refractivity (Wildman–Crippen MR) is 132 cm³/mol. The molecule has 32 heavy (non-hydrogen) atoms. The Kier molecular flexibility index (Phi) is 5.35. The van der Waals surface area contributed by atoms with Gasteiger partial charge in [0.25, 0.3) is 5.56 Å². The molecule has 3 aromatic rings. The van der Waals surface area contributed by atoms with E-state index in [4.69, 9.17) is 16.6 Å². The highest BCUT2D eigenvalue weighted by molar-refractivity contribution is 9.10. The number of halogens is 2. The maximum absolute atomic E-state index is 13.6. The minimum atomic E-state index is -0.566. The van der Waals surface area contributed by atoms with Crippen LogP contribution in [0.25, 0.3) is 6.08 Å². The molecule has 4 nitrogen and oxygen atoms in total. The van der Waals surface area contributed by atoms with Gasteiger partial charge in [0, 0.05) is 21.5 Å². The molecule has 0 fully saturated rings. The Balaban J connectivity index is 1.80. The fourth-order valence-electron chi connectivity index (χ4n) is 4.49. The second-order valence-corrected chi connectivity index (χ2v) is 11.3. The number of hydrogen-bond donors (Lipinski definition) is 0. The van der Waals surface area contributed by atoms with Gasteiger partial charge in [0.1, 0.15) is 0 Å². The number of hydrogen-bond acceptors (Lipinski definition) is 4. The maximum Gasteiger partial charge on any atom is 0.271 e. The SMILES string of the molecule is CC1(C)CC(=O)C2=C(C1)N=c1sc(=Cc3cccc(Br)c3)c(=O)n1C2c1ccccc1Cl. The Morgan fingerprint density at radius 2 is 1.94 bits per heavy atom. The standard InChI is InChI=1S/C25H20BrClN2O2S/c1-25(2)12-18-21(19(30)13-25)22(16-8-3-4-9-17(16)27)29-23(31)20(32-24(29)28-18)11-14-6-5-7-15(26)10-14/h3-11,22H,12-13H2,1-2H3. The fraction of sp³-hybridized carbons (Fsp3) is 0.240. The molecule has 7 heteroatoms. The van der Waals surface area contributed by atoms with Crippen LogP contribution in [0.1, 0.15) is 43.9 Å². The molecule has 0 saturated heterocycles. The Hall–Kier alpha value is -2.28. The van der Waals surface area contributed by atoms with Gasteiger partial charge in [-0.1, -0.05) is 83.0 Å². The summed E-state index contributed by atoms with van der Waals surface area (Å²) in [4.78, 5) is 32.3. The minimum Gasteiger partial charge on any atom is -0.294 e. The molecular weight excluding hydrogens is 508 g/mol. The zero-order chi connectivity index (χ0) is 22.6. The molecule has 2 aliphatic rings. The molecule has 5 rings (SSSR count). The van der Waals surface area contributed by atoms with Crippen LogP contribution in [0.3, 0.4) is 0 Å². The Morgan fingerprint density at radius 1 is 1.16 bits per heavy atom. The van der Waals surface area contributed by atoms with Crippen LogP contribution in [-0.4, -0.2) is 10.4 Å². The van der Waals surface area contributed by atoms with Crippen LogP contribution in [0.15, 0.2) is 74.1 Å². The van der Waals surface area contributed by atoms with E-state index in [9.17, 15) is 9.59 Å². The number of carbonyl (C=O) groups excluding carboxylic acids is 1. The number of Topliss-reactive ketones (excluding diaryl/α,β-unsaturated/α-hetero) is 1. The van der Waals surface area contributed by atoms with Crippen LogP contribution in [0.2, 0.25) is 5.02 Å². The van der Waals surface area contributed by atoms with Crippen molar-refractivity contribution in [1.29, 1.82) is 0 Å². The molecule has 0 spiro atoms. The predicted octanol–water partition coefficient (Wildman–Crippen LogP) is 5.02. The highest BCUT2D eigenvalue weighted by atomic mass is 79.9. The number of benzene rings is 2. The van der Waals surface area contributed by atoms with E-state index in [0.29, 0.717) is 32.8 Å². The molecule has 1 aliphatic carbocycles. The molecule has 2 heterocycles. The van der Waals surface area contributed by atoms with Crippen LogP contribution in [0.4, 0.5) is 0 Å². The van der Waals surface area contributed by atoms with Gasteiger partial charge in [-0.05, 0) is 47.2 Å². The minimum absolute atomic E-state index is 0.0335. The van der Waals surface area contributed by atoms with E-state index in [1.807, 2.05) is 48.5 Å². The molecule has 162 valence electrons. The van der Waals surface area contributed by atoms with Crippen molar-refractivity contribution in [3.63, 3.8) is 0 Å². The number of fused-ring (bicyclic) bond motifs is 1. The third-order valence-electron chi connectivity index (χ3n) is 5.84. The van der Waals surface area contributed by atoms with E-state index in [1.165, 1.54) is 11.3 Å². The first-order valence-electron chi connectivity index (χ1n) is 10.3. The Morgan fingerprint density at radius 3 is 2.69 bits per heavy atom. The Bertz CT molecular complexity index is 1480. The van der Waals surface area contributed by atoms with Crippen LogP contribution >= 0.6 is 38.9 Å². The van der Waals surface area contributed by atoms with Gasteiger partial charge < -0.3 is 0 Å². The molecule has 1 unspecified atom stereocenters. The third kappa shape index (κ3) is 3.74. The second kappa shape index (κ2) is 7.94. The van der Waals surface area contributed by atoms with Gasteiger partial charge in [-0.25, -0.2) is 4.99 Å². The summed E-state index contributed by atoms with van der Waals surface area (Å²) in [7, 11) is 0. The van der Waals surface area contributed by atoms with E-state index >= 15 is 0 Å². The van der Waals surface area contributed by atoms with Crippen LogP contribution in [0, 0.1) is 5.41 Å². The number of thiazole rings is 1. The summed E-state index contributed by atoms with van der Waals surface area (Å²) in [6, 6.07) is 14.6. The first-order valence-corrected chi connectivity index (χ1v) is 12.3. The number of allylic oxidation sites excluding steroid dienone is 2. The first kappa shape index (κ1) is 21.6. The number of ketones is 1. The van der Waals surface area contributed by atoms with Gasteiger partial charge in [0.15, 0.2) is 10.6 Å². The normalized spacial score (nSPS) is 20.1. The summed E-state index contributed by atoms with van der Waals surface area (Å²) in [5, 5.41) is 0.533. The van der Waals surface area contributed by atoms with E-state index in [-0.39, 0.29) is 16.8 Å². The lowest BCUT2D eigenvalue weighted by Crippen LogP contribution is -2.42. The quantitative estimate of drug-likeness (QED) is 0.470. The first-order chi connectivity index (χ1) is 15.2. The van der Waals surface area contributed by atoms with Gasteiger partial charge >= 0.3 is 0 Å². The molecule has 0 amide bonds. The average molecular weight is 528 g/mol. The van der Waals surface area contributed by atoms with Gasteiger partial charge in [0.05, 0.1) is 16.3 Å². The van der Waals surface area contributed by atoms with E-state index in [1.54, 1.807) is 10.6 Å². The van der Waals surface area contributed by atoms with E-state index in [0.717, 1.165) is 21.3 Å². The van der Waals surface area contributed by atoms with Crippen molar-refractivity contribution < 1.29 is 4.79 Å². The smallest absolute Gasteiger partial charge is 0.271 e. The molecule has 1 aliphatic heterocycles. The van der Waals surface area contributed by atoms with Gasteiger partial charge in [-0.3, -0.25) is 14.2 Å². The average Bonchev–Trinajstić information content (AvgIpc) is 3.01. The summed E-state index contributed by atoms with van der Waals surface area (Å²) in [6.45, 7) is 4.16. The van der Waals surface area contributed by atoms with Gasteiger partial charge in [-0.15, -0.1) is 0 Å². The zero-order valence-electron chi connectivity index (χ0n) is 17.6. The topological polar surface area (TPSA) is 51.4 Å². The summed E-state index contributed by atoms with van der Waals surface area (Å²) < 4.78 is 3.16. The monoisotopic (exact) mass is 526 g/mol. The van der Waals surface area contributed by atoms with Crippen molar-refractivity contribution in [2.45, 2.75) is 32.7 Å². The molecule has 0 radical (unpaired) electrons. The summed E-state index contributed by atoms with van der Waals surface area (Å²) in [6.07, 6.45) is 2.98. The van der Waals surface area contributed by atoms with Crippen molar-refractivity contribution in [2.75, 3.05) is 0 Å². The van der Waals surface area contributed by atoms with E-state index in [2.05, 4.69) is 29.8 Å². The highest BCUT2D eigenvalue weighted by Gasteiger charge is 2.41. The van der Waals surface area contributed by atoms with Crippen molar-refractivity contribution in [1.82, 2.24) is 4.57 Å². The van der Waals surface area contributed by atoms with Gasteiger partial charge in [0.2, 0.25) is 0 Å². The molecular formula is C25H20BrClN2O2S. The number of nitrogens with zero attached hydrogens (tertiary/aromatic N) is 2. The van der Waals surface area contributed by atoms with Gasteiger partial charge in [-0.2, -0.15) is 0 Å². The molecule has 1 aromatic heterocycles. The van der Waals surface area contributed by atoms with Crippen molar-refractivity contribution >= 4 is 50.7 Å². The second-order valence-electron chi connectivity index (χ2n) is 8.96. The van der Waals surface area contributed by atoms with Crippen LogP contribution in [-0.2, 0) is 4.79 Å². The number of aromatic nitrogens is 1. The van der Waals surface area contributed by atoms with Crippen molar-refractivity contribution in [3.8, 4) is 0 Å². The van der Waals surface area contributed by atoms with Crippen molar-refractivity contribution in [3.05, 3.63) is 100 Å². The molecule has 0 bridgehead atoms. The Labute approximate surface area is 202 Å². The van der Waals surface area contributed by atoms with Crippen LogP contribution < -0.4 is 14.9 Å². The number of carbonyl (C=O) groups is 1. The summed E-state index contributed by atoms with van der Waals surface area (Å²) >= 11 is 11.4. The number of rotatable bonds is 2. The fourth-order valence-corrected chi connectivity index (χ4v) is 6.16. The third-order valence-corrected chi connectivity index (χ3v) is 7.66. The van der Waals surface area contributed by atoms with E-state index < -0.39 is 6.04 Å². The van der Waals surface area contributed by atoms with Crippen LogP contribution in [0.5, 0.6) is 0 Å². The molecule has 0 N–H and O–H groups in total. The lowest BCUT2D eigenvalue weighted by Gasteiger charge is -2.35. The lowest BCUT2D eigenvalue weighted by molar-refractivity contribution is -0.118. The highest BCUT2D eigenvalue weighted by Crippen LogP contribution is 2.44.